The van der Waals surface area contributed by atoms with Crippen molar-refractivity contribution in [2.24, 2.45) is 0 Å². The van der Waals surface area contributed by atoms with Crippen LogP contribution in [0.25, 0.3) is 0 Å². The van der Waals surface area contributed by atoms with Crippen LogP contribution < -0.4 is 5.32 Å². The first kappa shape index (κ1) is 17.4. The lowest BCUT2D eigenvalue weighted by Gasteiger charge is -2.32. The van der Waals surface area contributed by atoms with E-state index in [0.29, 0.717) is 19.0 Å². The number of hydrogen-bond acceptors (Lipinski definition) is 5. The molecule has 0 radical (unpaired) electrons. The molecule has 1 aliphatic heterocycles. The molecule has 1 N–H and O–H groups in total. The lowest BCUT2D eigenvalue weighted by Crippen LogP contribution is -2.45. The number of carbonyl (C=O) groups is 1. The number of aromatic nitrogens is 3. The molecule has 7 heteroatoms. The average Bonchev–Trinajstić information content (AvgIpc) is 3.09. The zero-order valence-corrected chi connectivity index (χ0v) is 14.8. The molecule has 1 aromatic rings. The molecule has 2 aliphatic rings. The van der Waals surface area contributed by atoms with Crippen LogP contribution in [0, 0.1) is 0 Å². The molecular formula is C17H30N6O. The zero-order chi connectivity index (χ0) is 16.8. The number of hydrogen-bond donors (Lipinski definition) is 1. The third-order valence-electron chi connectivity index (χ3n) is 5.31. The van der Waals surface area contributed by atoms with Crippen LogP contribution in [0.1, 0.15) is 50.4 Å². The Morgan fingerprint density at radius 1 is 1.21 bits per heavy atom. The van der Waals surface area contributed by atoms with Crippen molar-refractivity contribution in [3.8, 4) is 0 Å². The normalized spacial score (nSPS) is 21.0. The monoisotopic (exact) mass is 334 g/mol. The Labute approximate surface area is 144 Å². The Morgan fingerprint density at radius 2 is 1.96 bits per heavy atom. The van der Waals surface area contributed by atoms with Gasteiger partial charge in [0.25, 0.3) is 0 Å². The second-order valence-electron chi connectivity index (χ2n) is 7.12. The highest BCUT2D eigenvalue weighted by molar-refractivity contribution is 5.75. The summed E-state index contributed by atoms with van der Waals surface area (Å²) >= 11 is 0. The first-order chi connectivity index (χ1) is 11.7. The molecule has 2 heterocycles. The van der Waals surface area contributed by atoms with Crippen LogP contribution in [-0.2, 0) is 11.3 Å². The van der Waals surface area contributed by atoms with Gasteiger partial charge in [-0.25, -0.2) is 0 Å². The lowest BCUT2D eigenvalue weighted by atomic mass is 9.95. The van der Waals surface area contributed by atoms with E-state index in [0.717, 1.165) is 38.5 Å². The van der Waals surface area contributed by atoms with Crippen LogP contribution in [0.3, 0.4) is 0 Å². The van der Waals surface area contributed by atoms with Gasteiger partial charge in [0.05, 0.1) is 6.54 Å². The van der Waals surface area contributed by atoms with Gasteiger partial charge < -0.3 is 19.7 Å². The van der Waals surface area contributed by atoms with Crippen molar-refractivity contribution in [2.75, 3.05) is 39.8 Å². The first-order valence-electron chi connectivity index (χ1n) is 9.28. The first-order valence-corrected chi connectivity index (χ1v) is 9.28. The third kappa shape index (κ3) is 4.77. The van der Waals surface area contributed by atoms with Gasteiger partial charge in [-0.1, -0.05) is 19.3 Å². The minimum atomic E-state index is 0.104. The van der Waals surface area contributed by atoms with Crippen molar-refractivity contribution >= 4 is 5.91 Å². The molecule has 1 aromatic heterocycles. The van der Waals surface area contributed by atoms with Crippen molar-refractivity contribution in [1.82, 2.24) is 29.9 Å². The number of carbonyl (C=O) groups excluding carboxylic acids is 1. The Balaban J connectivity index is 1.41. The standard InChI is InChI=1S/C17H30N6O/c1-21-9-11-22(12-10-21)8-7-17(24)18-13-16-20-19-14-23(16)15-5-3-2-4-6-15/h14-15H,2-13H2,1H3,(H,18,24). The Kier molecular flexibility index (Phi) is 6.20. The molecule has 1 aliphatic carbocycles. The molecule has 0 atom stereocenters. The van der Waals surface area contributed by atoms with Gasteiger partial charge in [-0.05, 0) is 19.9 Å². The second-order valence-corrected chi connectivity index (χ2v) is 7.12. The summed E-state index contributed by atoms with van der Waals surface area (Å²) in [6.07, 6.45) is 8.66. The molecule has 24 heavy (non-hydrogen) atoms. The van der Waals surface area contributed by atoms with Crippen molar-refractivity contribution in [3.63, 3.8) is 0 Å². The average molecular weight is 334 g/mol. The summed E-state index contributed by atoms with van der Waals surface area (Å²) in [6.45, 7) is 5.62. The van der Waals surface area contributed by atoms with Gasteiger partial charge in [-0.3, -0.25) is 4.79 Å². The molecular weight excluding hydrogens is 304 g/mol. The van der Waals surface area contributed by atoms with Gasteiger partial charge in [0.2, 0.25) is 5.91 Å². The summed E-state index contributed by atoms with van der Waals surface area (Å²) in [5.74, 6) is 0.988. The van der Waals surface area contributed by atoms with Crippen molar-refractivity contribution < 1.29 is 4.79 Å². The van der Waals surface area contributed by atoms with E-state index in [1.807, 2.05) is 6.33 Å². The third-order valence-corrected chi connectivity index (χ3v) is 5.31. The molecule has 3 rings (SSSR count). The quantitative estimate of drug-likeness (QED) is 0.842. The van der Waals surface area contributed by atoms with Crippen LogP contribution in [0.15, 0.2) is 6.33 Å². The summed E-state index contributed by atoms with van der Waals surface area (Å²) < 4.78 is 2.17. The smallest absolute Gasteiger partial charge is 0.221 e. The molecule has 0 unspecified atom stereocenters. The molecule has 7 nitrogen and oxygen atoms in total. The van der Waals surface area contributed by atoms with Crippen LogP contribution in [-0.4, -0.2) is 70.2 Å². The van der Waals surface area contributed by atoms with Crippen molar-refractivity contribution in [3.05, 3.63) is 12.2 Å². The van der Waals surface area contributed by atoms with Gasteiger partial charge in [0.1, 0.15) is 6.33 Å². The van der Waals surface area contributed by atoms with E-state index in [-0.39, 0.29) is 5.91 Å². The number of likely N-dealkylation sites (N-methyl/N-ethyl adjacent to an activating group) is 1. The predicted molar refractivity (Wildman–Crippen MR) is 92.5 cm³/mol. The van der Waals surface area contributed by atoms with E-state index in [2.05, 4.69) is 36.9 Å². The molecule has 1 saturated heterocycles. The maximum absolute atomic E-state index is 12.1. The Hall–Kier alpha value is -1.47. The van der Waals surface area contributed by atoms with Crippen molar-refractivity contribution in [1.29, 1.82) is 0 Å². The SMILES string of the molecule is CN1CCN(CCC(=O)NCc2nncn2C2CCCCC2)CC1. The van der Waals surface area contributed by atoms with Gasteiger partial charge in [-0.2, -0.15) is 0 Å². The largest absolute Gasteiger partial charge is 0.349 e. The summed E-state index contributed by atoms with van der Waals surface area (Å²) in [7, 11) is 2.15. The van der Waals surface area contributed by atoms with E-state index >= 15 is 0 Å². The number of nitrogens with one attached hydrogen (secondary N) is 1. The highest BCUT2D eigenvalue weighted by atomic mass is 16.1. The summed E-state index contributed by atoms with van der Waals surface area (Å²) in [5.41, 5.74) is 0. The summed E-state index contributed by atoms with van der Waals surface area (Å²) in [6, 6.07) is 0.506. The maximum atomic E-state index is 12.1. The number of amides is 1. The number of rotatable bonds is 6. The lowest BCUT2D eigenvalue weighted by molar-refractivity contribution is -0.121. The minimum Gasteiger partial charge on any atom is -0.349 e. The molecule has 0 spiro atoms. The Morgan fingerprint density at radius 3 is 2.71 bits per heavy atom. The highest BCUT2D eigenvalue weighted by Crippen LogP contribution is 2.28. The van der Waals surface area contributed by atoms with E-state index in [9.17, 15) is 4.79 Å². The number of piperazine rings is 1. The van der Waals surface area contributed by atoms with Crippen LogP contribution in [0.4, 0.5) is 0 Å². The van der Waals surface area contributed by atoms with Gasteiger partial charge >= 0.3 is 0 Å². The van der Waals surface area contributed by atoms with Gasteiger partial charge in [-0.15, -0.1) is 10.2 Å². The topological polar surface area (TPSA) is 66.3 Å². The molecule has 1 saturated carbocycles. The van der Waals surface area contributed by atoms with Gasteiger partial charge in [0.15, 0.2) is 5.82 Å². The summed E-state index contributed by atoms with van der Waals surface area (Å²) in [5, 5.41) is 11.3. The van der Waals surface area contributed by atoms with Crippen molar-refractivity contribution in [2.45, 2.75) is 51.1 Å². The van der Waals surface area contributed by atoms with Crippen LogP contribution in [0.2, 0.25) is 0 Å². The zero-order valence-electron chi connectivity index (χ0n) is 14.8. The van der Waals surface area contributed by atoms with E-state index in [1.54, 1.807) is 0 Å². The second kappa shape index (κ2) is 8.58. The fourth-order valence-corrected chi connectivity index (χ4v) is 3.65. The molecule has 134 valence electrons. The van der Waals surface area contributed by atoms with E-state index in [1.165, 1.54) is 32.1 Å². The van der Waals surface area contributed by atoms with E-state index in [4.69, 9.17) is 0 Å². The number of nitrogens with zero attached hydrogens (tertiary/aromatic N) is 5. The van der Waals surface area contributed by atoms with Crippen LogP contribution >= 0.6 is 0 Å². The maximum Gasteiger partial charge on any atom is 0.221 e. The van der Waals surface area contributed by atoms with Gasteiger partial charge in [0, 0.05) is 45.2 Å². The molecule has 2 fully saturated rings. The summed E-state index contributed by atoms with van der Waals surface area (Å²) in [4.78, 5) is 16.8. The fraction of sp³-hybridized carbons (Fsp3) is 0.824. The molecule has 0 aromatic carbocycles. The highest BCUT2D eigenvalue weighted by Gasteiger charge is 2.19. The fourth-order valence-electron chi connectivity index (χ4n) is 3.65. The van der Waals surface area contributed by atoms with E-state index < -0.39 is 0 Å². The minimum absolute atomic E-state index is 0.104. The molecule has 0 bridgehead atoms. The van der Waals surface area contributed by atoms with Crippen LogP contribution in [0.5, 0.6) is 0 Å². The predicted octanol–water partition coefficient (Wildman–Crippen LogP) is 1.04. The molecule has 1 amide bonds. The Bertz CT molecular complexity index is 517.